The molecule has 0 unspecified atom stereocenters. The van der Waals surface area contributed by atoms with E-state index in [4.69, 9.17) is 22.3 Å². The van der Waals surface area contributed by atoms with Crippen molar-refractivity contribution in [3.63, 3.8) is 0 Å². The molecule has 0 aliphatic rings. The summed E-state index contributed by atoms with van der Waals surface area (Å²) in [5, 5.41) is 19.9. The van der Waals surface area contributed by atoms with Gasteiger partial charge >= 0.3 is 0 Å². The summed E-state index contributed by atoms with van der Waals surface area (Å²) in [5.74, 6) is 0.0283. The fourth-order valence-corrected chi connectivity index (χ4v) is 2.16. The normalized spacial score (nSPS) is 10.4. The molecule has 7 nitrogen and oxygen atoms in total. The highest BCUT2D eigenvalue weighted by Gasteiger charge is 2.06. The first-order chi connectivity index (χ1) is 10.6. The maximum atomic E-state index is 7.15. The smallest absolute Gasteiger partial charge is 0.185 e. The monoisotopic (exact) mass is 305 g/mol. The Morgan fingerprint density at radius 3 is 1.86 bits per heavy atom. The molecule has 0 heterocycles. The zero-order valence-electron chi connectivity index (χ0n) is 12.9. The molecule has 0 radical (unpaired) electrons. The summed E-state index contributed by atoms with van der Waals surface area (Å²) >= 11 is 0. The van der Waals surface area contributed by atoms with Gasteiger partial charge in [0.05, 0.1) is 0 Å². The number of guanidine groups is 2. The molecule has 0 saturated carbocycles. The molecule has 0 fully saturated rings. The van der Waals surface area contributed by atoms with Crippen LogP contribution in [0.1, 0.15) is 18.4 Å². The van der Waals surface area contributed by atoms with Gasteiger partial charge in [-0.3, -0.25) is 15.7 Å². The molecule has 0 saturated heterocycles. The Hall–Kier alpha value is -2.28. The molecule has 0 aliphatic heterocycles. The van der Waals surface area contributed by atoms with Crippen molar-refractivity contribution in [1.82, 2.24) is 15.5 Å². The zero-order chi connectivity index (χ0) is 16.2. The number of rotatable bonds is 10. The van der Waals surface area contributed by atoms with E-state index in [9.17, 15) is 0 Å². The first kappa shape index (κ1) is 17.8. The second kappa shape index (κ2) is 10.4. The van der Waals surface area contributed by atoms with Crippen molar-refractivity contribution in [3.8, 4) is 0 Å². The lowest BCUT2D eigenvalue weighted by atomic mass is 10.2. The van der Waals surface area contributed by atoms with E-state index in [0.29, 0.717) is 13.1 Å². The van der Waals surface area contributed by atoms with Crippen molar-refractivity contribution in [2.45, 2.75) is 19.4 Å². The number of benzene rings is 1. The average Bonchev–Trinajstić information content (AvgIpc) is 2.48. The third kappa shape index (κ3) is 8.80. The van der Waals surface area contributed by atoms with E-state index in [0.717, 1.165) is 32.5 Å². The maximum absolute atomic E-state index is 7.15. The minimum absolute atomic E-state index is 0.0141. The highest BCUT2D eigenvalue weighted by Crippen LogP contribution is 2.05. The molecule has 122 valence electrons. The topological polar surface area (TPSA) is 127 Å². The van der Waals surface area contributed by atoms with E-state index in [2.05, 4.69) is 27.7 Å². The van der Waals surface area contributed by atoms with Gasteiger partial charge in [-0.05, 0) is 18.4 Å². The van der Waals surface area contributed by atoms with Crippen molar-refractivity contribution in [1.29, 1.82) is 10.8 Å². The predicted octanol–water partition coefficient (Wildman–Crippen LogP) is 0.235. The lowest BCUT2D eigenvalue weighted by molar-refractivity contribution is 0.259. The third-order valence-corrected chi connectivity index (χ3v) is 3.18. The molecular formula is C15H27N7. The second-order valence-electron chi connectivity index (χ2n) is 5.15. The van der Waals surface area contributed by atoms with Crippen molar-refractivity contribution < 1.29 is 0 Å². The molecule has 0 amide bonds. The lowest BCUT2D eigenvalue weighted by Gasteiger charge is -2.22. The predicted molar refractivity (Wildman–Crippen MR) is 90.8 cm³/mol. The van der Waals surface area contributed by atoms with Crippen LogP contribution in [0.25, 0.3) is 0 Å². The van der Waals surface area contributed by atoms with Gasteiger partial charge in [-0.15, -0.1) is 0 Å². The van der Waals surface area contributed by atoms with Crippen LogP contribution in [0.3, 0.4) is 0 Å². The SMILES string of the molecule is N=C(N)NCCCN(CCCNC(=N)N)Cc1ccccc1. The van der Waals surface area contributed by atoms with Crippen LogP contribution < -0.4 is 22.1 Å². The van der Waals surface area contributed by atoms with Crippen LogP contribution >= 0.6 is 0 Å². The van der Waals surface area contributed by atoms with Gasteiger partial charge in [0, 0.05) is 32.7 Å². The summed E-state index contributed by atoms with van der Waals surface area (Å²) in [4.78, 5) is 2.36. The lowest BCUT2D eigenvalue weighted by Crippen LogP contribution is -2.35. The standard InChI is InChI=1S/C15H27N7/c16-14(17)20-8-4-10-22(11-5-9-21-15(18)19)12-13-6-2-1-3-7-13/h1-3,6-7H,4-5,8-12H2,(H4,16,17,20)(H4,18,19,21). The number of nitrogens with two attached hydrogens (primary N) is 2. The fraction of sp³-hybridized carbons (Fsp3) is 0.467. The molecule has 7 heteroatoms. The van der Waals surface area contributed by atoms with Crippen molar-refractivity contribution in [2.24, 2.45) is 11.5 Å². The molecule has 0 spiro atoms. The Morgan fingerprint density at radius 2 is 1.41 bits per heavy atom. The molecule has 1 aromatic rings. The number of nitrogens with one attached hydrogen (secondary N) is 4. The zero-order valence-corrected chi connectivity index (χ0v) is 12.9. The summed E-state index contributed by atoms with van der Waals surface area (Å²) in [7, 11) is 0. The van der Waals surface area contributed by atoms with Gasteiger partial charge < -0.3 is 22.1 Å². The van der Waals surface area contributed by atoms with Gasteiger partial charge in [-0.2, -0.15) is 0 Å². The Bertz CT molecular complexity index is 424. The quantitative estimate of drug-likeness (QED) is 0.210. The summed E-state index contributed by atoms with van der Waals surface area (Å²) < 4.78 is 0. The first-order valence-electron chi connectivity index (χ1n) is 7.50. The number of nitrogens with zero attached hydrogens (tertiary/aromatic N) is 1. The molecular weight excluding hydrogens is 278 g/mol. The van der Waals surface area contributed by atoms with Crippen LogP contribution in [-0.2, 0) is 6.54 Å². The van der Waals surface area contributed by atoms with E-state index < -0.39 is 0 Å². The highest BCUT2D eigenvalue weighted by atomic mass is 15.1. The summed E-state index contributed by atoms with van der Waals surface area (Å²) in [6, 6.07) is 10.3. The van der Waals surface area contributed by atoms with E-state index in [1.807, 2.05) is 18.2 Å². The van der Waals surface area contributed by atoms with Gasteiger partial charge in [0.1, 0.15) is 0 Å². The Balaban J connectivity index is 2.38. The minimum atomic E-state index is 0.0141. The van der Waals surface area contributed by atoms with Crippen LogP contribution in [0, 0.1) is 10.8 Å². The number of hydrogen-bond acceptors (Lipinski definition) is 3. The molecule has 0 atom stereocenters. The molecule has 0 bridgehead atoms. The van der Waals surface area contributed by atoms with Crippen LogP contribution in [0.5, 0.6) is 0 Å². The van der Waals surface area contributed by atoms with Gasteiger partial charge in [0.2, 0.25) is 0 Å². The average molecular weight is 305 g/mol. The molecule has 22 heavy (non-hydrogen) atoms. The van der Waals surface area contributed by atoms with Gasteiger partial charge in [-0.1, -0.05) is 30.3 Å². The van der Waals surface area contributed by atoms with Crippen LogP contribution in [0.2, 0.25) is 0 Å². The Labute approximate surface area is 132 Å². The van der Waals surface area contributed by atoms with Gasteiger partial charge in [0.15, 0.2) is 11.9 Å². The Morgan fingerprint density at radius 1 is 0.909 bits per heavy atom. The fourth-order valence-electron chi connectivity index (χ4n) is 2.16. The van der Waals surface area contributed by atoms with Crippen LogP contribution in [-0.4, -0.2) is 43.0 Å². The molecule has 0 aromatic heterocycles. The summed E-state index contributed by atoms with van der Waals surface area (Å²) in [6.07, 6.45) is 1.85. The highest BCUT2D eigenvalue weighted by molar-refractivity contribution is 5.74. The van der Waals surface area contributed by atoms with Crippen LogP contribution in [0.4, 0.5) is 0 Å². The second-order valence-corrected chi connectivity index (χ2v) is 5.15. The molecule has 1 rings (SSSR count). The van der Waals surface area contributed by atoms with Gasteiger partial charge in [-0.25, -0.2) is 0 Å². The Kier molecular flexibility index (Phi) is 8.44. The first-order valence-corrected chi connectivity index (χ1v) is 7.50. The molecule has 1 aromatic carbocycles. The summed E-state index contributed by atoms with van der Waals surface area (Å²) in [5.41, 5.74) is 11.8. The van der Waals surface area contributed by atoms with Crippen molar-refractivity contribution in [3.05, 3.63) is 35.9 Å². The summed E-state index contributed by atoms with van der Waals surface area (Å²) in [6.45, 7) is 4.14. The van der Waals surface area contributed by atoms with E-state index >= 15 is 0 Å². The largest absolute Gasteiger partial charge is 0.370 e. The third-order valence-electron chi connectivity index (χ3n) is 3.18. The van der Waals surface area contributed by atoms with Crippen LogP contribution in [0.15, 0.2) is 30.3 Å². The van der Waals surface area contributed by atoms with Crippen molar-refractivity contribution in [2.75, 3.05) is 26.2 Å². The number of hydrogen-bond donors (Lipinski definition) is 6. The van der Waals surface area contributed by atoms with E-state index in [-0.39, 0.29) is 11.9 Å². The molecule has 0 aliphatic carbocycles. The maximum Gasteiger partial charge on any atom is 0.185 e. The minimum Gasteiger partial charge on any atom is -0.370 e. The van der Waals surface area contributed by atoms with E-state index in [1.54, 1.807) is 0 Å². The molecule has 8 N–H and O–H groups in total. The van der Waals surface area contributed by atoms with Crippen molar-refractivity contribution >= 4 is 11.9 Å². The van der Waals surface area contributed by atoms with E-state index in [1.165, 1.54) is 5.56 Å². The van der Waals surface area contributed by atoms with Gasteiger partial charge in [0.25, 0.3) is 0 Å².